The van der Waals surface area contributed by atoms with E-state index < -0.39 is 5.97 Å². The lowest BCUT2D eigenvalue weighted by molar-refractivity contribution is 0.0527. The van der Waals surface area contributed by atoms with Crippen LogP contribution in [-0.4, -0.2) is 38.0 Å². The van der Waals surface area contributed by atoms with Gasteiger partial charge in [-0.3, -0.25) is 14.2 Å². The van der Waals surface area contributed by atoms with E-state index in [4.69, 9.17) is 4.74 Å². The maximum Gasteiger partial charge on any atom is 0.343 e. The van der Waals surface area contributed by atoms with Crippen LogP contribution in [0.1, 0.15) is 39.0 Å². The number of amides is 1. The molecule has 2 heterocycles. The Kier molecular flexibility index (Phi) is 4.30. The molecule has 0 fully saturated rings. The fourth-order valence-electron chi connectivity index (χ4n) is 2.22. The van der Waals surface area contributed by atoms with Gasteiger partial charge in [0.05, 0.1) is 24.1 Å². The topological polar surface area (TPSA) is 91.0 Å². The minimum atomic E-state index is -0.523. The Balaban J connectivity index is 2.33. The summed E-state index contributed by atoms with van der Waals surface area (Å²) >= 11 is 0. The van der Waals surface area contributed by atoms with Crippen molar-refractivity contribution in [2.45, 2.75) is 20.8 Å². The largest absolute Gasteiger partial charge is 0.462 e. The molecule has 0 radical (unpaired) electrons. The van der Waals surface area contributed by atoms with Gasteiger partial charge in [0.15, 0.2) is 0 Å². The molecular formula is C14H19N5O3. The van der Waals surface area contributed by atoms with Gasteiger partial charge in [0.2, 0.25) is 0 Å². The van der Waals surface area contributed by atoms with E-state index in [2.05, 4.69) is 15.5 Å². The van der Waals surface area contributed by atoms with Gasteiger partial charge in [-0.15, -0.1) is 0 Å². The molecule has 0 unspecified atom stereocenters. The van der Waals surface area contributed by atoms with Crippen LogP contribution in [0.5, 0.6) is 0 Å². The van der Waals surface area contributed by atoms with Crippen molar-refractivity contribution >= 4 is 17.7 Å². The van der Waals surface area contributed by atoms with Crippen molar-refractivity contribution in [1.82, 2.24) is 19.6 Å². The number of hydrogen-bond donors (Lipinski definition) is 1. The Morgan fingerprint density at radius 3 is 2.50 bits per heavy atom. The summed E-state index contributed by atoms with van der Waals surface area (Å²) < 4.78 is 8.02. The second-order valence-electron chi connectivity index (χ2n) is 4.87. The summed E-state index contributed by atoms with van der Waals surface area (Å²) in [5.41, 5.74) is 2.07. The lowest BCUT2D eigenvalue weighted by Gasteiger charge is -2.08. The number of nitrogens with one attached hydrogen (secondary N) is 1. The van der Waals surface area contributed by atoms with Crippen LogP contribution < -0.4 is 5.32 Å². The predicted octanol–water partition coefficient (Wildman–Crippen LogP) is 1.20. The highest BCUT2D eigenvalue weighted by Crippen LogP contribution is 2.19. The van der Waals surface area contributed by atoms with Crippen LogP contribution in [0.2, 0.25) is 0 Å². The molecule has 2 aromatic rings. The summed E-state index contributed by atoms with van der Waals surface area (Å²) in [6.07, 6.45) is 1.37. The normalized spacial score (nSPS) is 10.6. The first-order valence-corrected chi connectivity index (χ1v) is 6.87. The molecule has 2 aromatic heterocycles. The predicted molar refractivity (Wildman–Crippen MR) is 79.8 cm³/mol. The van der Waals surface area contributed by atoms with Crippen LogP contribution in [0.15, 0.2) is 6.20 Å². The minimum absolute atomic E-state index is 0.219. The Morgan fingerprint density at radius 1 is 1.27 bits per heavy atom. The van der Waals surface area contributed by atoms with Crippen molar-refractivity contribution in [3.8, 4) is 0 Å². The van der Waals surface area contributed by atoms with E-state index in [0.717, 1.165) is 5.69 Å². The fourth-order valence-corrected chi connectivity index (χ4v) is 2.22. The molecule has 22 heavy (non-hydrogen) atoms. The molecule has 0 saturated carbocycles. The van der Waals surface area contributed by atoms with Crippen LogP contribution in [0, 0.1) is 13.8 Å². The fraction of sp³-hybridized carbons (Fsp3) is 0.429. The number of anilines is 1. The summed E-state index contributed by atoms with van der Waals surface area (Å²) in [5.74, 6) is -0.561. The Bertz CT molecular complexity index is 729. The third-order valence-electron chi connectivity index (χ3n) is 3.40. The first kappa shape index (κ1) is 15.7. The van der Waals surface area contributed by atoms with Crippen molar-refractivity contribution in [1.29, 1.82) is 0 Å². The number of carbonyl (C=O) groups is 2. The molecule has 118 valence electrons. The molecule has 1 N–H and O–H groups in total. The van der Waals surface area contributed by atoms with Crippen molar-refractivity contribution < 1.29 is 14.3 Å². The van der Waals surface area contributed by atoms with Crippen molar-refractivity contribution in [3.05, 3.63) is 28.7 Å². The molecule has 0 spiro atoms. The molecule has 8 heteroatoms. The molecule has 0 atom stereocenters. The van der Waals surface area contributed by atoms with Gasteiger partial charge < -0.3 is 10.1 Å². The van der Waals surface area contributed by atoms with Crippen LogP contribution in [0.3, 0.4) is 0 Å². The van der Waals surface area contributed by atoms with E-state index in [-0.39, 0.29) is 18.1 Å². The highest BCUT2D eigenvalue weighted by atomic mass is 16.5. The van der Waals surface area contributed by atoms with Gasteiger partial charge in [-0.05, 0) is 20.8 Å². The average molecular weight is 305 g/mol. The zero-order valence-electron chi connectivity index (χ0n) is 13.3. The Morgan fingerprint density at radius 2 is 1.95 bits per heavy atom. The molecule has 0 aromatic carbocycles. The number of esters is 1. The number of ether oxygens (including phenoxy) is 1. The molecule has 0 aliphatic rings. The van der Waals surface area contributed by atoms with Crippen molar-refractivity contribution in [2.24, 2.45) is 14.1 Å². The summed E-state index contributed by atoms with van der Waals surface area (Å²) in [7, 11) is 3.41. The first-order chi connectivity index (χ1) is 10.4. The van der Waals surface area contributed by atoms with E-state index >= 15 is 0 Å². The zero-order valence-corrected chi connectivity index (χ0v) is 13.3. The SMILES string of the molecule is CCOC(=O)c1cnn(C)c1NC(=O)c1c(C)nn(C)c1C. The quantitative estimate of drug-likeness (QED) is 0.857. The van der Waals surface area contributed by atoms with E-state index in [1.54, 1.807) is 32.6 Å². The number of hydrogen-bond acceptors (Lipinski definition) is 5. The van der Waals surface area contributed by atoms with Gasteiger partial charge in [0.25, 0.3) is 5.91 Å². The molecule has 0 bridgehead atoms. The van der Waals surface area contributed by atoms with Crippen LogP contribution in [0.25, 0.3) is 0 Å². The second kappa shape index (κ2) is 6.00. The second-order valence-corrected chi connectivity index (χ2v) is 4.87. The summed E-state index contributed by atoms with van der Waals surface area (Å²) in [6.45, 7) is 5.54. The van der Waals surface area contributed by atoms with Gasteiger partial charge in [-0.2, -0.15) is 10.2 Å². The van der Waals surface area contributed by atoms with E-state index in [1.165, 1.54) is 10.9 Å². The molecule has 0 aliphatic carbocycles. The van der Waals surface area contributed by atoms with Crippen LogP contribution >= 0.6 is 0 Å². The molecule has 2 rings (SSSR count). The van der Waals surface area contributed by atoms with E-state index in [9.17, 15) is 9.59 Å². The third kappa shape index (κ3) is 2.72. The number of aromatic nitrogens is 4. The van der Waals surface area contributed by atoms with E-state index in [0.29, 0.717) is 17.1 Å². The summed E-state index contributed by atoms with van der Waals surface area (Å²) in [6, 6.07) is 0. The third-order valence-corrected chi connectivity index (χ3v) is 3.40. The Hall–Kier alpha value is -2.64. The standard InChI is InChI=1S/C14H19N5O3/c1-6-22-14(21)10-7-15-19(5)12(10)16-13(20)11-8(2)17-18(4)9(11)3/h7H,6H2,1-5H3,(H,16,20). The molecule has 8 nitrogen and oxygen atoms in total. The van der Waals surface area contributed by atoms with Crippen LogP contribution in [-0.2, 0) is 18.8 Å². The molecule has 0 aliphatic heterocycles. The van der Waals surface area contributed by atoms with Gasteiger partial charge >= 0.3 is 5.97 Å². The monoisotopic (exact) mass is 305 g/mol. The lowest BCUT2D eigenvalue weighted by Crippen LogP contribution is -2.19. The highest BCUT2D eigenvalue weighted by Gasteiger charge is 2.23. The maximum atomic E-state index is 12.5. The first-order valence-electron chi connectivity index (χ1n) is 6.87. The highest BCUT2D eigenvalue weighted by molar-refractivity contribution is 6.08. The zero-order chi connectivity index (χ0) is 16.4. The minimum Gasteiger partial charge on any atom is -0.462 e. The molecular weight excluding hydrogens is 286 g/mol. The van der Waals surface area contributed by atoms with Crippen molar-refractivity contribution in [2.75, 3.05) is 11.9 Å². The number of rotatable bonds is 4. The van der Waals surface area contributed by atoms with Gasteiger partial charge in [0.1, 0.15) is 11.4 Å². The number of aryl methyl sites for hydroxylation is 3. The summed E-state index contributed by atoms with van der Waals surface area (Å²) in [4.78, 5) is 24.4. The Labute approximate surface area is 128 Å². The number of nitrogens with zero attached hydrogens (tertiary/aromatic N) is 4. The molecule has 1 amide bonds. The van der Waals surface area contributed by atoms with Gasteiger partial charge in [0, 0.05) is 19.8 Å². The average Bonchev–Trinajstić information content (AvgIpc) is 2.92. The van der Waals surface area contributed by atoms with Crippen LogP contribution in [0.4, 0.5) is 5.82 Å². The maximum absolute atomic E-state index is 12.5. The van der Waals surface area contributed by atoms with Gasteiger partial charge in [-0.25, -0.2) is 4.79 Å². The lowest BCUT2D eigenvalue weighted by atomic mass is 10.2. The summed E-state index contributed by atoms with van der Waals surface area (Å²) in [5, 5.41) is 10.9. The van der Waals surface area contributed by atoms with Gasteiger partial charge in [-0.1, -0.05) is 0 Å². The smallest absolute Gasteiger partial charge is 0.343 e. The van der Waals surface area contributed by atoms with E-state index in [1.807, 2.05) is 6.92 Å². The van der Waals surface area contributed by atoms with Crippen molar-refractivity contribution in [3.63, 3.8) is 0 Å². The number of carbonyl (C=O) groups excluding carboxylic acids is 2. The molecule has 0 saturated heterocycles.